The molecule has 0 unspecified atom stereocenters. The minimum absolute atomic E-state index is 0. The first kappa shape index (κ1) is 24.8. The fourth-order valence-corrected chi connectivity index (χ4v) is 4.35. The van der Waals surface area contributed by atoms with E-state index in [2.05, 4.69) is 12.1 Å². The lowest BCUT2D eigenvalue weighted by Gasteiger charge is -2.31. The maximum atomic E-state index is 12.5. The summed E-state index contributed by atoms with van der Waals surface area (Å²) in [6, 6.07) is 10.5. The van der Waals surface area contributed by atoms with Crippen molar-refractivity contribution in [3.63, 3.8) is 0 Å². The van der Waals surface area contributed by atoms with E-state index in [4.69, 9.17) is 5.73 Å². The molecule has 5 nitrogen and oxygen atoms in total. The maximum absolute atomic E-state index is 12.5. The van der Waals surface area contributed by atoms with E-state index >= 15 is 0 Å². The molecule has 1 aromatic rings. The number of rotatable bonds is 10. The predicted octanol–water partition coefficient (Wildman–Crippen LogP) is 2.96. The van der Waals surface area contributed by atoms with Crippen LogP contribution in [0.5, 0.6) is 0 Å². The standard InChI is InChI=1S/C21H33N3O2S.ClH/c1-23(19-10-6-3-7-11-19)20(25)16-27-17-21(26)24(15-13-22)14-12-18-8-4-2-5-9-18;/h2,4-5,8-9,19H,3,6-7,10-17,22H2,1H3;1H. The summed E-state index contributed by atoms with van der Waals surface area (Å²) in [6.45, 7) is 1.67. The highest BCUT2D eigenvalue weighted by Gasteiger charge is 2.22. The summed E-state index contributed by atoms with van der Waals surface area (Å²) < 4.78 is 0. The number of benzene rings is 1. The SMILES string of the molecule is CN(C(=O)CSCC(=O)N(CCN)CCc1ccccc1)C1CCCCC1.Cl. The molecule has 0 radical (unpaired) electrons. The molecule has 2 rings (SSSR count). The highest BCUT2D eigenvalue weighted by atomic mass is 35.5. The van der Waals surface area contributed by atoms with E-state index in [1.807, 2.05) is 35.0 Å². The van der Waals surface area contributed by atoms with Gasteiger partial charge in [-0.3, -0.25) is 9.59 Å². The molecular weight excluding hydrogens is 394 g/mol. The minimum Gasteiger partial charge on any atom is -0.342 e. The fourth-order valence-electron chi connectivity index (χ4n) is 3.52. The van der Waals surface area contributed by atoms with Crippen LogP contribution in [-0.4, -0.2) is 65.8 Å². The summed E-state index contributed by atoms with van der Waals surface area (Å²) in [6.07, 6.45) is 6.74. The van der Waals surface area contributed by atoms with Crippen molar-refractivity contribution in [3.05, 3.63) is 35.9 Å². The van der Waals surface area contributed by atoms with Crippen LogP contribution < -0.4 is 5.73 Å². The number of carbonyl (C=O) groups is 2. The molecule has 0 aliphatic heterocycles. The van der Waals surface area contributed by atoms with Crippen LogP contribution in [0.25, 0.3) is 0 Å². The first-order chi connectivity index (χ1) is 13.1. The van der Waals surface area contributed by atoms with Crippen LogP contribution in [0.15, 0.2) is 30.3 Å². The van der Waals surface area contributed by atoms with E-state index < -0.39 is 0 Å². The molecule has 2 amide bonds. The van der Waals surface area contributed by atoms with Crippen molar-refractivity contribution in [1.29, 1.82) is 0 Å². The Kier molecular flexibility index (Phi) is 12.3. The van der Waals surface area contributed by atoms with Crippen LogP contribution in [0, 0.1) is 0 Å². The molecule has 1 saturated carbocycles. The normalized spacial score (nSPS) is 14.2. The van der Waals surface area contributed by atoms with Gasteiger partial charge < -0.3 is 15.5 Å². The van der Waals surface area contributed by atoms with Crippen LogP contribution in [0.1, 0.15) is 37.7 Å². The van der Waals surface area contributed by atoms with Gasteiger partial charge in [0.1, 0.15) is 0 Å². The van der Waals surface area contributed by atoms with Gasteiger partial charge in [-0.2, -0.15) is 0 Å². The van der Waals surface area contributed by atoms with E-state index in [0.29, 0.717) is 37.2 Å². The highest BCUT2D eigenvalue weighted by Crippen LogP contribution is 2.22. The number of halogens is 1. The molecule has 1 fully saturated rings. The molecule has 0 saturated heterocycles. The summed E-state index contributed by atoms with van der Waals surface area (Å²) in [5.41, 5.74) is 6.89. The van der Waals surface area contributed by atoms with Gasteiger partial charge in [0.15, 0.2) is 0 Å². The van der Waals surface area contributed by atoms with Crippen LogP contribution in [0.3, 0.4) is 0 Å². The molecule has 0 aromatic heterocycles. The summed E-state index contributed by atoms with van der Waals surface area (Å²) in [5, 5.41) is 0. The Hall–Kier alpha value is -1.24. The van der Waals surface area contributed by atoms with E-state index in [9.17, 15) is 9.59 Å². The third kappa shape index (κ3) is 8.41. The van der Waals surface area contributed by atoms with E-state index in [-0.39, 0.29) is 24.2 Å². The molecular formula is C21H34ClN3O2S. The summed E-state index contributed by atoms with van der Waals surface area (Å²) >= 11 is 1.41. The second-order valence-electron chi connectivity index (χ2n) is 7.19. The van der Waals surface area contributed by atoms with Gasteiger partial charge in [-0.1, -0.05) is 49.6 Å². The summed E-state index contributed by atoms with van der Waals surface area (Å²) in [5.74, 6) is 0.899. The van der Waals surface area contributed by atoms with E-state index in [0.717, 1.165) is 19.3 Å². The van der Waals surface area contributed by atoms with Crippen molar-refractivity contribution in [2.75, 3.05) is 38.2 Å². The molecule has 0 heterocycles. The number of nitrogens with two attached hydrogens (primary N) is 1. The van der Waals surface area contributed by atoms with Crippen LogP contribution >= 0.6 is 24.2 Å². The second-order valence-corrected chi connectivity index (χ2v) is 8.18. The van der Waals surface area contributed by atoms with Gasteiger partial charge >= 0.3 is 0 Å². The van der Waals surface area contributed by atoms with Gasteiger partial charge in [-0.05, 0) is 24.8 Å². The first-order valence-electron chi connectivity index (χ1n) is 9.97. The van der Waals surface area contributed by atoms with Crippen molar-refractivity contribution in [3.8, 4) is 0 Å². The Labute approximate surface area is 179 Å². The van der Waals surface area contributed by atoms with Crippen molar-refractivity contribution >= 4 is 36.0 Å². The van der Waals surface area contributed by atoms with Crippen molar-refractivity contribution < 1.29 is 9.59 Å². The van der Waals surface area contributed by atoms with Gasteiger partial charge in [-0.15, -0.1) is 24.2 Å². The number of thioether (sulfide) groups is 1. The lowest BCUT2D eigenvalue weighted by Crippen LogP contribution is -2.40. The topological polar surface area (TPSA) is 66.6 Å². The van der Waals surface area contributed by atoms with Crippen LogP contribution in [-0.2, 0) is 16.0 Å². The zero-order valence-corrected chi connectivity index (χ0v) is 18.5. The number of nitrogens with zero attached hydrogens (tertiary/aromatic N) is 2. The van der Waals surface area contributed by atoms with Crippen LogP contribution in [0.4, 0.5) is 0 Å². The zero-order chi connectivity index (χ0) is 19.5. The number of hydrogen-bond acceptors (Lipinski definition) is 4. The molecule has 1 aliphatic carbocycles. The molecule has 0 spiro atoms. The van der Waals surface area contributed by atoms with Gasteiger partial charge in [0.2, 0.25) is 11.8 Å². The average Bonchev–Trinajstić information content (AvgIpc) is 2.71. The van der Waals surface area contributed by atoms with E-state index in [1.54, 1.807) is 0 Å². The summed E-state index contributed by atoms with van der Waals surface area (Å²) in [7, 11) is 1.90. The maximum Gasteiger partial charge on any atom is 0.232 e. The van der Waals surface area contributed by atoms with E-state index in [1.165, 1.54) is 36.6 Å². The highest BCUT2D eigenvalue weighted by molar-refractivity contribution is 8.00. The number of amides is 2. The Morgan fingerprint density at radius 3 is 2.32 bits per heavy atom. The van der Waals surface area contributed by atoms with Crippen molar-refractivity contribution in [2.45, 2.75) is 44.6 Å². The smallest absolute Gasteiger partial charge is 0.232 e. The third-order valence-corrected chi connectivity index (χ3v) is 6.13. The minimum atomic E-state index is 0. The van der Waals surface area contributed by atoms with Gasteiger partial charge in [0, 0.05) is 32.7 Å². The monoisotopic (exact) mass is 427 g/mol. The first-order valence-corrected chi connectivity index (χ1v) is 11.1. The lowest BCUT2D eigenvalue weighted by atomic mass is 9.94. The largest absolute Gasteiger partial charge is 0.342 e. The third-order valence-electron chi connectivity index (χ3n) is 5.23. The Balaban J connectivity index is 0.00000392. The van der Waals surface area contributed by atoms with Crippen molar-refractivity contribution in [1.82, 2.24) is 9.80 Å². The number of carbonyl (C=O) groups excluding carboxylic acids is 2. The summed E-state index contributed by atoms with van der Waals surface area (Å²) in [4.78, 5) is 28.6. The van der Waals surface area contributed by atoms with Gasteiger partial charge in [0.25, 0.3) is 0 Å². The predicted molar refractivity (Wildman–Crippen MR) is 120 cm³/mol. The second kappa shape index (κ2) is 13.9. The fraction of sp³-hybridized carbons (Fsp3) is 0.619. The van der Waals surface area contributed by atoms with Gasteiger partial charge in [-0.25, -0.2) is 0 Å². The Morgan fingerprint density at radius 1 is 1.04 bits per heavy atom. The Bertz CT molecular complexity index is 582. The van der Waals surface area contributed by atoms with Crippen LogP contribution in [0.2, 0.25) is 0 Å². The molecule has 7 heteroatoms. The number of hydrogen-bond donors (Lipinski definition) is 1. The molecule has 0 bridgehead atoms. The Morgan fingerprint density at radius 2 is 1.68 bits per heavy atom. The zero-order valence-electron chi connectivity index (χ0n) is 16.8. The molecule has 28 heavy (non-hydrogen) atoms. The quantitative estimate of drug-likeness (QED) is 0.623. The molecule has 0 atom stereocenters. The molecule has 1 aliphatic rings. The lowest BCUT2D eigenvalue weighted by molar-refractivity contribution is -0.129. The average molecular weight is 428 g/mol. The molecule has 158 valence electrons. The van der Waals surface area contributed by atoms with Gasteiger partial charge in [0.05, 0.1) is 11.5 Å². The molecule has 1 aromatic carbocycles. The van der Waals surface area contributed by atoms with Crippen molar-refractivity contribution in [2.24, 2.45) is 5.73 Å². The molecule has 2 N–H and O–H groups in total.